The van der Waals surface area contributed by atoms with Crippen LogP contribution in [-0.4, -0.2) is 76.0 Å². The number of anilines is 1. The van der Waals surface area contributed by atoms with Gasteiger partial charge in [0, 0.05) is 55.1 Å². The van der Waals surface area contributed by atoms with Crippen molar-refractivity contribution in [2.75, 3.05) is 45.6 Å². The van der Waals surface area contributed by atoms with E-state index in [0.29, 0.717) is 35.1 Å². The number of hydrogen-bond donors (Lipinski definition) is 1. The molecule has 190 valence electrons. The van der Waals surface area contributed by atoms with Gasteiger partial charge in [-0.05, 0) is 57.7 Å². The largest absolute Gasteiger partial charge is 0.419 e. The zero-order chi connectivity index (χ0) is 24.7. The molecule has 0 aromatic carbocycles. The second-order valence-corrected chi connectivity index (χ2v) is 11.2. The molecular formula is C25H33F3N6O. The Morgan fingerprint density at radius 2 is 1.86 bits per heavy atom. The first kappa shape index (κ1) is 23.2. The number of nitrogens with zero attached hydrogens (tertiary/aromatic N) is 5. The predicted octanol–water partition coefficient (Wildman–Crippen LogP) is 3.64. The molecule has 1 spiro atoms. The minimum Gasteiger partial charge on any atom is -0.383 e. The van der Waals surface area contributed by atoms with E-state index < -0.39 is 17.6 Å². The standard InChI is InChI=1S/C25H33F3N6O/c1-14(2)34-21(9-20(31-34)15-6-19(25(26,27)28)23(29)30-10-15)22-17-7-16(8-18(17)22)33-5-4-32(3)24(11-33)12-35-13-24/h6,9-10,14,16-18,22H,4-5,7-8,11-13H2,1-3H3,(H2,29,30)/t16?,17-,18+,22+. The normalized spacial score (nSPS) is 30.6. The van der Waals surface area contributed by atoms with Crippen LogP contribution in [0.25, 0.3) is 11.3 Å². The minimum absolute atomic E-state index is 0.121. The van der Waals surface area contributed by atoms with Gasteiger partial charge in [0.2, 0.25) is 0 Å². The van der Waals surface area contributed by atoms with Gasteiger partial charge in [-0.25, -0.2) is 4.98 Å². The Hall–Kier alpha value is -2.17. The van der Waals surface area contributed by atoms with E-state index in [2.05, 4.69) is 35.7 Å². The maximum absolute atomic E-state index is 13.4. The molecule has 4 aliphatic rings. The summed E-state index contributed by atoms with van der Waals surface area (Å²) in [5.41, 5.74) is 6.79. The van der Waals surface area contributed by atoms with E-state index >= 15 is 0 Å². The maximum Gasteiger partial charge on any atom is 0.419 e. The van der Waals surface area contributed by atoms with E-state index in [1.165, 1.54) is 19.0 Å². The molecule has 2 saturated heterocycles. The molecular weight excluding hydrogens is 457 g/mol. The van der Waals surface area contributed by atoms with Gasteiger partial charge < -0.3 is 10.5 Å². The molecule has 0 amide bonds. The predicted molar refractivity (Wildman–Crippen MR) is 126 cm³/mol. The van der Waals surface area contributed by atoms with Crippen LogP contribution in [0.4, 0.5) is 19.0 Å². The molecule has 2 saturated carbocycles. The van der Waals surface area contributed by atoms with Gasteiger partial charge in [-0.1, -0.05) is 0 Å². The second kappa shape index (κ2) is 7.91. The molecule has 2 aliphatic heterocycles. The van der Waals surface area contributed by atoms with Crippen LogP contribution in [0, 0.1) is 11.8 Å². The molecule has 2 N–H and O–H groups in total. The lowest BCUT2D eigenvalue weighted by molar-refractivity contribution is -0.166. The molecule has 4 fully saturated rings. The van der Waals surface area contributed by atoms with E-state index in [1.807, 2.05) is 10.7 Å². The highest BCUT2D eigenvalue weighted by molar-refractivity contribution is 5.63. The number of rotatable bonds is 4. The van der Waals surface area contributed by atoms with E-state index in [9.17, 15) is 13.2 Å². The third-order valence-electron chi connectivity index (χ3n) is 8.82. The van der Waals surface area contributed by atoms with Crippen molar-refractivity contribution in [2.45, 2.75) is 56.4 Å². The fourth-order valence-electron chi connectivity index (χ4n) is 6.66. The second-order valence-electron chi connectivity index (χ2n) is 11.2. The number of pyridine rings is 1. The summed E-state index contributed by atoms with van der Waals surface area (Å²) >= 11 is 0. The number of halogens is 3. The first-order valence-corrected chi connectivity index (χ1v) is 12.5. The molecule has 2 aromatic heterocycles. The number of alkyl halides is 3. The van der Waals surface area contributed by atoms with Gasteiger partial charge >= 0.3 is 6.18 Å². The van der Waals surface area contributed by atoms with Crippen molar-refractivity contribution in [1.29, 1.82) is 0 Å². The van der Waals surface area contributed by atoms with Gasteiger partial charge in [0.05, 0.1) is 30.0 Å². The highest BCUT2D eigenvalue weighted by atomic mass is 19.4. The summed E-state index contributed by atoms with van der Waals surface area (Å²) in [5.74, 6) is 1.15. The van der Waals surface area contributed by atoms with Crippen LogP contribution in [0.5, 0.6) is 0 Å². The third kappa shape index (κ3) is 3.76. The van der Waals surface area contributed by atoms with Crippen molar-refractivity contribution >= 4 is 5.82 Å². The fourth-order valence-corrected chi connectivity index (χ4v) is 6.66. The number of ether oxygens (including phenoxy) is 1. The number of piperazine rings is 1. The molecule has 6 rings (SSSR count). The number of nitrogens with two attached hydrogens (primary N) is 1. The lowest BCUT2D eigenvalue weighted by Gasteiger charge is -2.55. The lowest BCUT2D eigenvalue weighted by atomic mass is 9.90. The quantitative estimate of drug-likeness (QED) is 0.706. The number of fused-ring (bicyclic) bond motifs is 1. The number of hydrogen-bond acceptors (Lipinski definition) is 6. The highest BCUT2D eigenvalue weighted by Crippen LogP contribution is 2.64. The maximum atomic E-state index is 13.4. The first-order valence-electron chi connectivity index (χ1n) is 12.5. The number of aromatic nitrogens is 3. The van der Waals surface area contributed by atoms with Gasteiger partial charge in [0.1, 0.15) is 5.82 Å². The van der Waals surface area contributed by atoms with Crippen molar-refractivity contribution in [3.05, 3.63) is 29.6 Å². The zero-order valence-corrected chi connectivity index (χ0v) is 20.4. The molecule has 1 unspecified atom stereocenters. The molecule has 2 aliphatic carbocycles. The summed E-state index contributed by atoms with van der Waals surface area (Å²) in [6.45, 7) is 9.05. The average molecular weight is 491 g/mol. The van der Waals surface area contributed by atoms with Crippen molar-refractivity contribution < 1.29 is 17.9 Å². The number of nitrogen functional groups attached to an aromatic ring is 1. The van der Waals surface area contributed by atoms with E-state index in [0.717, 1.165) is 44.6 Å². The van der Waals surface area contributed by atoms with Crippen LogP contribution in [-0.2, 0) is 10.9 Å². The minimum atomic E-state index is -4.55. The molecule has 4 atom stereocenters. The first-order chi connectivity index (χ1) is 16.6. The summed E-state index contributed by atoms with van der Waals surface area (Å²) in [7, 11) is 2.21. The van der Waals surface area contributed by atoms with Crippen molar-refractivity contribution in [2.24, 2.45) is 11.8 Å². The monoisotopic (exact) mass is 490 g/mol. The van der Waals surface area contributed by atoms with Gasteiger partial charge in [-0.3, -0.25) is 14.5 Å². The van der Waals surface area contributed by atoms with Gasteiger partial charge in [-0.2, -0.15) is 18.3 Å². The molecule has 2 aromatic rings. The molecule has 10 heteroatoms. The van der Waals surface area contributed by atoms with Gasteiger partial charge in [0.25, 0.3) is 0 Å². The summed E-state index contributed by atoms with van der Waals surface area (Å²) in [4.78, 5) is 8.94. The summed E-state index contributed by atoms with van der Waals surface area (Å²) < 4.78 is 47.7. The van der Waals surface area contributed by atoms with Crippen LogP contribution in [0.15, 0.2) is 18.3 Å². The van der Waals surface area contributed by atoms with Crippen molar-refractivity contribution in [1.82, 2.24) is 24.6 Å². The molecule has 7 nitrogen and oxygen atoms in total. The Bertz CT molecular complexity index is 1110. The molecule has 4 heterocycles. The highest BCUT2D eigenvalue weighted by Gasteiger charge is 2.59. The Morgan fingerprint density at radius 3 is 2.46 bits per heavy atom. The Labute approximate surface area is 203 Å². The van der Waals surface area contributed by atoms with Crippen LogP contribution in [0.2, 0.25) is 0 Å². The zero-order valence-electron chi connectivity index (χ0n) is 20.4. The molecule has 0 radical (unpaired) electrons. The summed E-state index contributed by atoms with van der Waals surface area (Å²) in [5, 5.41) is 4.71. The van der Waals surface area contributed by atoms with E-state index in [-0.39, 0.29) is 11.6 Å². The Morgan fingerprint density at radius 1 is 1.14 bits per heavy atom. The van der Waals surface area contributed by atoms with Crippen LogP contribution in [0.1, 0.15) is 49.9 Å². The van der Waals surface area contributed by atoms with Crippen molar-refractivity contribution in [3.8, 4) is 11.3 Å². The van der Waals surface area contributed by atoms with Crippen molar-refractivity contribution in [3.63, 3.8) is 0 Å². The summed E-state index contributed by atoms with van der Waals surface area (Å²) in [6.07, 6.45) is -0.808. The van der Waals surface area contributed by atoms with Crippen LogP contribution >= 0.6 is 0 Å². The van der Waals surface area contributed by atoms with E-state index in [4.69, 9.17) is 15.6 Å². The number of likely N-dealkylation sites (N-methyl/N-ethyl adjacent to an activating group) is 1. The molecule has 35 heavy (non-hydrogen) atoms. The smallest absolute Gasteiger partial charge is 0.383 e. The average Bonchev–Trinajstić information content (AvgIpc) is 3.13. The Kier molecular flexibility index (Phi) is 5.26. The van der Waals surface area contributed by atoms with Crippen LogP contribution < -0.4 is 5.73 Å². The summed E-state index contributed by atoms with van der Waals surface area (Å²) in [6, 6.07) is 3.77. The lowest BCUT2D eigenvalue weighted by Crippen LogP contribution is -2.71. The third-order valence-corrected chi connectivity index (χ3v) is 8.82. The van der Waals surface area contributed by atoms with Crippen LogP contribution in [0.3, 0.4) is 0 Å². The fraction of sp³-hybridized carbons (Fsp3) is 0.680. The van der Waals surface area contributed by atoms with Gasteiger partial charge in [0.15, 0.2) is 0 Å². The Balaban J connectivity index is 1.20. The van der Waals surface area contributed by atoms with E-state index in [1.54, 1.807) is 0 Å². The topological polar surface area (TPSA) is 72.4 Å². The SMILES string of the molecule is CC(C)n1nc(-c2cnc(N)c(C(F)(F)F)c2)cc1[C@H]1[C@@H]2CC(N3CCN(C)C4(COC4)C3)C[C@@H]21. The molecule has 0 bridgehead atoms. The van der Waals surface area contributed by atoms with Gasteiger partial charge in [-0.15, -0.1) is 0 Å².